The summed E-state index contributed by atoms with van der Waals surface area (Å²) in [4.78, 5) is 16.6. The topological polar surface area (TPSA) is 58.9 Å². The van der Waals surface area contributed by atoms with E-state index in [1.165, 1.54) is 11.8 Å². The Morgan fingerprint density at radius 1 is 1.19 bits per heavy atom. The summed E-state index contributed by atoms with van der Waals surface area (Å²) in [6.45, 7) is 6.11. The van der Waals surface area contributed by atoms with Gasteiger partial charge in [0.05, 0.1) is 17.3 Å². The lowest BCUT2D eigenvalue weighted by molar-refractivity contribution is -0.137. The zero-order valence-electron chi connectivity index (χ0n) is 15.1. The molecule has 0 fully saturated rings. The van der Waals surface area contributed by atoms with Gasteiger partial charge in [0.15, 0.2) is 0 Å². The predicted octanol–water partition coefficient (Wildman–Crippen LogP) is 5.70. The number of nitrogens with zero attached hydrogens (tertiary/aromatic N) is 1. The minimum Gasteiger partial charge on any atom is -0.506 e. The van der Waals surface area contributed by atoms with Gasteiger partial charge < -0.3 is 9.84 Å². The van der Waals surface area contributed by atoms with Crippen molar-refractivity contribution in [3.8, 4) is 0 Å². The van der Waals surface area contributed by atoms with Crippen LogP contribution in [-0.4, -0.2) is 23.9 Å². The highest BCUT2D eigenvalue weighted by molar-refractivity contribution is 6.32. The summed E-state index contributed by atoms with van der Waals surface area (Å²) in [6, 6.07) is 14.4. The van der Waals surface area contributed by atoms with Gasteiger partial charge in [-0.15, -0.1) is 0 Å². The van der Waals surface area contributed by atoms with Crippen molar-refractivity contribution in [2.45, 2.75) is 26.7 Å². The molecule has 0 aromatic heterocycles. The van der Waals surface area contributed by atoms with E-state index in [1.54, 1.807) is 31.2 Å². The summed E-state index contributed by atoms with van der Waals surface area (Å²) in [5.41, 5.74) is 2.17. The highest BCUT2D eigenvalue weighted by Gasteiger charge is 2.18. The molecule has 0 amide bonds. The van der Waals surface area contributed by atoms with Gasteiger partial charge in [-0.3, -0.25) is 4.99 Å². The van der Waals surface area contributed by atoms with Gasteiger partial charge in [-0.1, -0.05) is 49.7 Å². The van der Waals surface area contributed by atoms with E-state index < -0.39 is 5.97 Å². The summed E-state index contributed by atoms with van der Waals surface area (Å²) >= 11 is 6.12. The van der Waals surface area contributed by atoms with Gasteiger partial charge in [0.1, 0.15) is 11.3 Å². The largest absolute Gasteiger partial charge is 0.506 e. The van der Waals surface area contributed by atoms with Crippen LogP contribution in [0.15, 0.2) is 59.1 Å². The van der Waals surface area contributed by atoms with E-state index in [9.17, 15) is 9.90 Å². The predicted molar refractivity (Wildman–Crippen MR) is 106 cm³/mol. The Balaban J connectivity index is 2.40. The van der Waals surface area contributed by atoms with Crippen molar-refractivity contribution in [3.05, 3.63) is 70.3 Å². The molecule has 0 radical (unpaired) electrons. The van der Waals surface area contributed by atoms with Crippen LogP contribution < -0.4 is 0 Å². The molecule has 5 heteroatoms. The van der Waals surface area contributed by atoms with E-state index in [2.05, 4.69) is 18.8 Å². The molecule has 136 valence electrons. The maximum atomic E-state index is 12.3. The number of hydrogen-bond donors (Lipinski definition) is 1. The number of halogens is 1. The molecule has 0 saturated heterocycles. The average Bonchev–Trinajstić information content (AvgIpc) is 2.62. The van der Waals surface area contributed by atoms with Gasteiger partial charge in [-0.2, -0.15) is 0 Å². The number of carbonyl (C=O) groups is 1. The van der Waals surface area contributed by atoms with Crippen LogP contribution in [0, 0.1) is 0 Å². The molecule has 0 atom stereocenters. The van der Waals surface area contributed by atoms with Crippen molar-refractivity contribution in [1.82, 2.24) is 0 Å². The third-order valence-electron chi connectivity index (χ3n) is 3.78. The fraction of sp³-hybridized carbons (Fsp3) is 0.238. The zero-order valence-corrected chi connectivity index (χ0v) is 15.8. The third kappa shape index (κ3) is 4.96. The van der Waals surface area contributed by atoms with Crippen LogP contribution in [0.5, 0.6) is 0 Å². The van der Waals surface area contributed by atoms with Crippen molar-refractivity contribution in [2.75, 3.05) is 6.61 Å². The summed E-state index contributed by atoms with van der Waals surface area (Å²) < 4.78 is 5.03. The Kier molecular flexibility index (Phi) is 6.98. The van der Waals surface area contributed by atoms with Gasteiger partial charge in [0.2, 0.25) is 0 Å². The van der Waals surface area contributed by atoms with E-state index >= 15 is 0 Å². The highest BCUT2D eigenvalue weighted by Crippen LogP contribution is 2.25. The first-order chi connectivity index (χ1) is 12.4. The van der Waals surface area contributed by atoms with Gasteiger partial charge in [0, 0.05) is 11.8 Å². The summed E-state index contributed by atoms with van der Waals surface area (Å²) in [5, 5.41) is 10.9. The van der Waals surface area contributed by atoms with Gasteiger partial charge >= 0.3 is 5.97 Å². The number of aliphatic imine (C=N–C) groups is 1. The number of ether oxygens (including phenoxy) is 1. The van der Waals surface area contributed by atoms with Gasteiger partial charge in [-0.25, -0.2) is 4.79 Å². The van der Waals surface area contributed by atoms with Crippen LogP contribution in [-0.2, 0) is 9.53 Å². The molecule has 0 unspecified atom stereocenters. The first kappa shape index (κ1) is 19.7. The molecule has 0 aliphatic heterocycles. The van der Waals surface area contributed by atoms with Crippen molar-refractivity contribution in [1.29, 1.82) is 0 Å². The third-order valence-corrected chi connectivity index (χ3v) is 4.11. The first-order valence-electron chi connectivity index (χ1n) is 8.43. The molecule has 1 N–H and O–H groups in total. The lowest BCUT2D eigenvalue weighted by Crippen LogP contribution is -2.11. The summed E-state index contributed by atoms with van der Waals surface area (Å²) in [5.74, 6) is -0.503. The second kappa shape index (κ2) is 9.20. The maximum absolute atomic E-state index is 12.3. The Labute approximate surface area is 158 Å². The molecule has 0 bridgehead atoms. The number of benzene rings is 2. The average molecular weight is 372 g/mol. The molecule has 0 spiro atoms. The molecule has 0 aliphatic rings. The van der Waals surface area contributed by atoms with Crippen LogP contribution >= 0.6 is 11.6 Å². The van der Waals surface area contributed by atoms with Crippen molar-refractivity contribution >= 4 is 35.2 Å². The van der Waals surface area contributed by atoms with Crippen molar-refractivity contribution < 1.29 is 14.6 Å². The molecule has 4 nitrogen and oxygen atoms in total. The maximum Gasteiger partial charge on any atom is 0.343 e. The van der Waals surface area contributed by atoms with Gasteiger partial charge in [0.25, 0.3) is 0 Å². The van der Waals surface area contributed by atoms with E-state index in [4.69, 9.17) is 16.3 Å². The van der Waals surface area contributed by atoms with Crippen LogP contribution in [0.3, 0.4) is 0 Å². The monoisotopic (exact) mass is 371 g/mol. The molecule has 0 saturated carbocycles. The van der Waals surface area contributed by atoms with Gasteiger partial charge in [-0.05, 0) is 42.7 Å². The summed E-state index contributed by atoms with van der Waals surface area (Å²) in [6.07, 6.45) is 1.31. The number of hydrogen-bond acceptors (Lipinski definition) is 4. The fourth-order valence-electron chi connectivity index (χ4n) is 2.30. The van der Waals surface area contributed by atoms with Crippen molar-refractivity contribution in [2.24, 2.45) is 4.99 Å². The minimum absolute atomic E-state index is 0.0483. The first-order valence-corrected chi connectivity index (χ1v) is 8.81. The number of esters is 1. The van der Waals surface area contributed by atoms with Crippen LogP contribution in [0.1, 0.15) is 37.8 Å². The standard InChI is InChI=1S/C21H22ClNO3/c1-4-26-21(25)18(20(24)17-7-5-6-8-19(17)22)13-23-16-11-9-15(10-12-16)14(2)3/h5-14,24H,4H2,1-3H3/b20-18+,23-13?. The van der Waals surface area contributed by atoms with Crippen LogP contribution in [0.2, 0.25) is 5.02 Å². The number of rotatable bonds is 6. The highest BCUT2D eigenvalue weighted by atomic mass is 35.5. The second-order valence-electron chi connectivity index (χ2n) is 5.97. The number of aliphatic hydroxyl groups is 1. The molecular formula is C21H22ClNO3. The van der Waals surface area contributed by atoms with Crippen molar-refractivity contribution in [3.63, 3.8) is 0 Å². The fourth-order valence-corrected chi connectivity index (χ4v) is 2.53. The lowest BCUT2D eigenvalue weighted by Gasteiger charge is -2.08. The smallest absolute Gasteiger partial charge is 0.343 e. The van der Waals surface area contributed by atoms with E-state index in [1.807, 2.05) is 24.3 Å². The quantitative estimate of drug-likeness (QED) is 0.307. The van der Waals surface area contributed by atoms with E-state index in [0.29, 0.717) is 22.2 Å². The van der Waals surface area contributed by atoms with E-state index in [-0.39, 0.29) is 17.9 Å². The number of carbonyl (C=O) groups excluding carboxylic acids is 1. The Bertz CT molecular complexity index is 823. The van der Waals surface area contributed by atoms with Crippen LogP contribution in [0.4, 0.5) is 5.69 Å². The Morgan fingerprint density at radius 3 is 2.42 bits per heavy atom. The molecule has 26 heavy (non-hydrogen) atoms. The molecule has 0 aliphatic carbocycles. The molecular weight excluding hydrogens is 350 g/mol. The Morgan fingerprint density at radius 2 is 1.85 bits per heavy atom. The zero-order chi connectivity index (χ0) is 19.1. The normalized spacial score (nSPS) is 12.3. The van der Waals surface area contributed by atoms with E-state index in [0.717, 1.165) is 0 Å². The molecule has 0 heterocycles. The summed E-state index contributed by atoms with van der Waals surface area (Å²) in [7, 11) is 0. The SMILES string of the molecule is CCOC(=O)/C(C=Nc1ccc(C(C)C)cc1)=C(/O)c1ccccc1Cl. The lowest BCUT2D eigenvalue weighted by atomic mass is 10.0. The minimum atomic E-state index is -0.660. The Hall–Kier alpha value is -2.59. The molecule has 2 rings (SSSR count). The number of aliphatic hydroxyl groups excluding tert-OH is 1. The second-order valence-corrected chi connectivity index (χ2v) is 6.37. The van der Waals surface area contributed by atoms with Crippen LogP contribution in [0.25, 0.3) is 5.76 Å². The molecule has 2 aromatic carbocycles. The molecule has 2 aromatic rings.